The number of anilines is 1. The van der Waals surface area contributed by atoms with Crippen LogP contribution in [-0.4, -0.2) is 39.8 Å². The molecule has 116 valence electrons. The van der Waals surface area contributed by atoms with Crippen molar-refractivity contribution in [3.8, 4) is 11.7 Å². The Bertz CT molecular complexity index is 773. The Labute approximate surface area is 133 Å². The van der Waals surface area contributed by atoms with E-state index in [1.165, 1.54) is 9.58 Å². The van der Waals surface area contributed by atoms with Crippen molar-refractivity contribution in [2.24, 2.45) is 0 Å². The lowest BCUT2D eigenvalue weighted by Crippen LogP contribution is -2.31. The van der Waals surface area contributed by atoms with Crippen LogP contribution in [0.3, 0.4) is 0 Å². The summed E-state index contributed by atoms with van der Waals surface area (Å²) in [5.74, 6) is -0.196. The van der Waals surface area contributed by atoms with E-state index in [4.69, 9.17) is 4.74 Å². The number of hydrogen-bond acceptors (Lipinski definition) is 5. The molecule has 7 nitrogen and oxygen atoms in total. The molecule has 0 atom stereocenters. The summed E-state index contributed by atoms with van der Waals surface area (Å²) in [4.78, 5) is 13.7. The summed E-state index contributed by atoms with van der Waals surface area (Å²) in [7, 11) is 1.70. The molecule has 0 aliphatic rings. The molecule has 3 aromatic rings. The highest BCUT2D eigenvalue weighted by atomic mass is 16.5. The van der Waals surface area contributed by atoms with Gasteiger partial charge in [0.25, 0.3) is 5.91 Å². The minimum Gasteiger partial charge on any atom is -0.452 e. The van der Waals surface area contributed by atoms with E-state index in [1.54, 1.807) is 7.05 Å². The van der Waals surface area contributed by atoms with Gasteiger partial charge >= 0.3 is 6.01 Å². The number of nitrogens with zero attached hydrogens (tertiary/aromatic N) is 5. The van der Waals surface area contributed by atoms with Crippen LogP contribution in [0.15, 0.2) is 60.7 Å². The average Bonchev–Trinajstić information content (AvgIpc) is 3.09. The molecule has 3 rings (SSSR count). The Morgan fingerprint density at radius 1 is 1.09 bits per heavy atom. The van der Waals surface area contributed by atoms with Gasteiger partial charge in [0.15, 0.2) is 6.61 Å². The van der Waals surface area contributed by atoms with Gasteiger partial charge in [-0.2, -0.15) is 4.68 Å². The quantitative estimate of drug-likeness (QED) is 0.717. The van der Waals surface area contributed by atoms with Gasteiger partial charge in [-0.15, -0.1) is 0 Å². The predicted molar refractivity (Wildman–Crippen MR) is 84.5 cm³/mol. The van der Waals surface area contributed by atoms with Crippen LogP contribution in [0.5, 0.6) is 6.01 Å². The third-order valence-electron chi connectivity index (χ3n) is 3.28. The third kappa shape index (κ3) is 3.34. The van der Waals surface area contributed by atoms with Crippen molar-refractivity contribution in [1.29, 1.82) is 0 Å². The fourth-order valence-electron chi connectivity index (χ4n) is 2.02. The molecular formula is C16H15N5O2. The summed E-state index contributed by atoms with van der Waals surface area (Å²) in [6, 6.07) is 18.8. The monoisotopic (exact) mass is 309 g/mol. The number of benzene rings is 2. The molecule has 23 heavy (non-hydrogen) atoms. The van der Waals surface area contributed by atoms with Crippen LogP contribution in [0.25, 0.3) is 5.69 Å². The number of ether oxygens (including phenoxy) is 1. The number of para-hydroxylation sites is 2. The molecule has 0 spiro atoms. The van der Waals surface area contributed by atoms with E-state index in [0.29, 0.717) is 0 Å². The van der Waals surface area contributed by atoms with E-state index >= 15 is 0 Å². The zero-order chi connectivity index (χ0) is 16.1. The maximum atomic E-state index is 12.2. The fourth-order valence-corrected chi connectivity index (χ4v) is 2.02. The molecule has 0 saturated carbocycles. The molecule has 7 heteroatoms. The molecular weight excluding hydrogens is 294 g/mol. The highest BCUT2D eigenvalue weighted by Crippen LogP contribution is 2.14. The van der Waals surface area contributed by atoms with Crippen molar-refractivity contribution in [1.82, 2.24) is 20.2 Å². The van der Waals surface area contributed by atoms with E-state index in [0.717, 1.165) is 11.4 Å². The first-order valence-electron chi connectivity index (χ1n) is 7.04. The van der Waals surface area contributed by atoms with Gasteiger partial charge in [-0.05, 0) is 34.7 Å². The molecule has 0 radical (unpaired) electrons. The number of carbonyl (C=O) groups excluding carboxylic acids is 1. The zero-order valence-electron chi connectivity index (χ0n) is 12.5. The van der Waals surface area contributed by atoms with Crippen molar-refractivity contribution in [2.75, 3.05) is 18.6 Å². The van der Waals surface area contributed by atoms with Gasteiger partial charge < -0.3 is 9.64 Å². The Kier molecular flexibility index (Phi) is 4.28. The van der Waals surface area contributed by atoms with Crippen LogP contribution in [-0.2, 0) is 4.79 Å². The van der Waals surface area contributed by atoms with Crippen molar-refractivity contribution in [3.63, 3.8) is 0 Å². The molecule has 1 heterocycles. The molecule has 2 aromatic carbocycles. The van der Waals surface area contributed by atoms with Crippen LogP contribution in [0.4, 0.5) is 5.69 Å². The highest BCUT2D eigenvalue weighted by molar-refractivity contribution is 5.93. The Morgan fingerprint density at radius 2 is 1.74 bits per heavy atom. The van der Waals surface area contributed by atoms with E-state index in [-0.39, 0.29) is 18.5 Å². The molecule has 0 fully saturated rings. The van der Waals surface area contributed by atoms with Gasteiger partial charge in [-0.1, -0.05) is 41.5 Å². The number of amides is 1. The molecule has 0 aliphatic heterocycles. The summed E-state index contributed by atoms with van der Waals surface area (Å²) in [5, 5.41) is 11.3. The highest BCUT2D eigenvalue weighted by Gasteiger charge is 2.15. The number of likely N-dealkylation sites (N-methyl/N-ethyl adjacent to an activating group) is 1. The van der Waals surface area contributed by atoms with Crippen molar-refractivity contribution >= 4 is 11.6 Å². The molecule has 0 bridgehead atoms. The van der Waals surface area contributed by atoms with E-state index in [1.807, 2.05) is 60.7 Å². The van der Waals surface area contributed by atoms with Gasteiger partial charge in [0, 0.05) is 12.7 Å². The molecule has 0 N–H and O–H groups in total. The first kappa shape index (κ1) is 14.7. The second kappa shape index (κ2) is 6.69. The number of carbonyl (C=O) groups is 1. The standard InChI is InChI=1S/C16H15N5O2/c1-20(13-8-4-2-5-9-13)15(22)12-23-16-17-18-19-21(16)14-10-6-3-7-11-14/h2-11H,12H2,1H3. The van der Waals surface area contributed by atoms with Gasteiger partial charge in [0.05, 0.1) is 5.69 Å². The lowest BCUT2D eigenvalue weighted by Gasteiger charge is -2.17. The topological polar surface area (TPSA) is 73.1 Å². The van der Waals surface area contributed by atoms with Crippen LogP contribution in [0.2, 0.25) is 0 Å². The van der Waals surface area contributed by atoms with E-state index in [9.17, 15) is 4.79 Å². The summed E-state index contributed by atoms with van der Waals surface area (Å²) in [6.07, 6.45) is 0. The molecule has 1 aromatic heterocycles. The van der Waals surface area contributed by atoms with Crippen molar-refractivity contribution < 1.29 is 9.53 Å². The number of rotatable bonds is 5. The summed E-state index contributed by atoms with van der Waals surface area (Å²) >= 11 is 0. The van der Waals surface area contributed by atoms with Gasteiger partial charge in [0.2, 0.25) is 0 Å². The average molecular weight is 309 g/mol. The first-order valence-corrected chi connectivity index (χ1v) is 7.04. The number of tetrazole rings is 1. The van der Waals surface area contributed by atoms with Crippen LogP contribution < -0.4 is 9.64 Å². The second-order valence-electron chi connectivity index (χ2n) is 4.79. The molecule has 0 saturated heterocycles. The second-order valence-corrected chi connectivity index (χ2v) is 4.79. The maximum Gasteiger partial charge on any atom is 0.340 e. The number of aromatic nitrogens is 4. The smallest absolute Gasteiger partial charge is 0.340 e. The van der Waals surface area contributed by atoms with Crippen LogP contribution >= 0.6 is 0 Å². The van der Waals surface area contributed by atoms with E-state index in [2.05, 4.69) is 15.5 Å². The predicted octanol–water partition coefficient (Wildman–Crippen LogP) is 1.70. The van der Waals surface area contributed by atoms with Crippen molar-refractivity contribution in [2.45, 2.75) is 0 Å². The third-order valence-corrected chi connectivity index (χ3v) is 3.28. The zero-order valence-corrected chi connectivity index (χ0v) is 12.5. The Morgan fingerprint density at radius 3 is 2.43 bits per heavy atom. The number of hydrogen-bond donors (Lipinski definition) is 0. The van der Waals surface area contributed by atoms with Gasteiger partial charge in [-0.3, -0.25) is 4.79 Å². The maximum absolute atomic E-state index is 12.2. The molecule has 0 aliphatic carbocycles. The Hall–Kier alpha value is -3.22. The minimum atomic E-state index is -0.196. The largest absolute Gasteiger partial charge is 0.452 e. The van der Waals surface area contributed by atoms with Gasteiger partial charge in [0.1, 0.15) is 0 Å². The van der Waals surface area contributed by atoms with Crippen molar-refractivity contribution in [3.05, 3.63) is 60.7 Å². The first-order chi connectivity index (χ1) is 11.3. The summed E-state index contributed by atoms with van der Waals surface area (Å²) in [5.41, 5.74) is 1.56. The lowest BCUT2D eigenvalue weighted by molar-refractivity contribution is -0.120. The normalized spacial score (nSPS) is 10.3. The summed E-state index contributed by atoms with van der Waals surface area (Å²) in [6.45, 7) is -0.154. The molecule has 0 unspecified atom stereocenters. The fraction of sp³-hybridized carbons (Fsp3) is 0.125. The SMILES string of the molecule is CN(C(=O)COc1nnnn1-c1ccccc1)c1ccccc1. The van der Waals surface area contributed by atoms with Crippen LogP contribution in [0.1, 0.15) is 0 Å². The summed E-state index contributed by atoms with van der Waals surface area (Å²) < 4.78 is 6.91. The minimum absolute atomic E-state index is 0.154. The Balaban J connectivity index is 1.68. The molecule has 1 amide bonds. The van der Waals surface area contributed by atoms with E-state index < -0.39 is 0 Å². The lowest BCUT2D eigenvalue weighted by atomic mass is 10.3. The van der Waals surface area contributed by atoms with Gasteiger partial charge in [-0.25, -0.2) is 0 Å². The van der Waals surface area contributed by atoms with Crippen LogP contribution in [0, 0.1) is 0 Å².